The Labute approximate surface area is 199 Å². The van der Waals surface area contributed by atoms with E-state index in [1.807, 2.05) is 26.8 Å². The lowest BCUT2D eigenvalue weighted by Gasteiger charge is -2.58. The van der Waals surface area contributed by atoms with Crippen molar-refractivity contribution in [3.63, 3.8) is 0 Å². The van der Waals surface area contributed by atoms with E-state index in [9.17, 15) is 20.1 Å². The highest BCUT2D eigenvalue weighted by Crippen LogP contribution is 2.62. The van der Waals surface area contributed by atoms with Crippen LogP contribution in [0.3, 0.4) is 0 Å². The average Bonchev–Trinajstić information content (AvgIpc) is 3.14. The van der Waals surface area contributed by atoms with Crippen molar-refractivity contribution in [2.75, 3.05) is 11.9 Å². The Morgan fingerprint density at radius 3 is 2.76 bits per heavy atom. The SMILES string of the molecule is CC(C)NC(=O)C[C@@H]1c2nc(Nc3cccc(O)c3)sc2C[C@@H]2[C@](C)(CO)[C@H](O)CC[C@]21C. The number of aliphatic hydroxyl groups is 2. The number of anilines is 2. The maximum atomic E-state index is 12.9. The number of hydrogen-bond acceptors (Lipinski definition) is 7. The second-order valence-electron chi connectivity index (χ2n) is 10.5. The molecule has 2 aliphatic rings. The van der Waals surface area contributed by atoms with Crippen molar-refractivity contribution in [2.45, 2.75) is 71.4 Å². The lowest BCUT2D eigenvalue weighted by molar-refractivity contribution is -0.144. The molecule has 1 fully saturated rings. The number of carbonyl (C=O) groups is 1. The van der Waals surface area contributed by atoms with Gasteiger partial charge in [-0.1, -0.05) is 19.9 Å². The van der Waals surface area contributed by atoms with Gasteiger partial charge in [0.05, 0.1) is 18.4 Å². The first-order valence-corrected chi connectivity index (χ1v) is 12.5. The minimum absolute atomic E-state index is 0.00450. The summed E-state index contributed by atoms with van der Waals surface area (Å²) in [5.41, 5.74) is 0.778. The summed E-state index contributed by atoms with van der Waals surface area (Å²) in [6, 6.07) is 6.96. The van der Waals surface area contributed by atoms with Gasteiger partial charge in [-0.15, -0.1) is 11.3 Å². The summed E-state index contributed by atoms with van der Waals surface area (Å²) >= 11 is 1.55. The van der Waals surface area contributed by atoms with Crippen molar-refractivity contribution in [1.82, 2.24) is 10.3 Å². The third kappa shape index (κ3) is 4.36. The van der Waals surface area contributed by atoms with Crippen LogP contribution in [0.2, 0.25) is 0 Å². The zero-order chi connectivity index (χ0) is 24.0. The number of phenols is 1. The molecule has 1 amide bonds. The van der Waals surface area contributed by atoms with E-state index in [-0.39, 0.29) is 41.6 Å². The van der Waals surface area contributed by atoms with Crippen molar-refractivity contribution in [3.05, 3.63) is 34.8 Å². The number of nitrogens with one attached hydrogen (secondary N) is 2. The number of rotatable bonds is 6. The van der Waals surface area contributed by atoms with Crippen LogP contribution in [0.15, 0.2) is 24.3 Å². The molecule has 1 saturated carbocycles. The van der Waals surface area contributed by atoms with Crippen LogP contribution in [-0.2, 0) is 11.2 Å². The van der Waals surface area contributed by atoms with Crippen LogP contribution in [0, 0.1) is 16.7 Å². The van der Waals surface area contributed by atoms with Gasteiger partial charge in [-0.25, -0.2) is 4.98 Å². The predicted molar refractivity (Wildman–Crippen MR) is 130 cm³/mol. The number of benzene rings is 1. The first kappa shape index (κ1) is 24.0. The topological polar surface area (TPSA) is 115 Å². The summed E-state index contributed by atoms with van der Waals surface area (Å²) in [6.45, 7) is 7.99. The van der Waals surface area contributed by atoms with Gasteiger partial charge in [-0.3, -0.25) is 4.79 Å². The first-order chi connectivity index (χ1) is 15.6. The molecule has 1 aromatic carbocycles. The molecule has 0 saturated heterocycles. The van der Waals surface area contributed by atoms with E-state index in [1.54, 1.807) is 29.5 Å². The molecular weight excluding hydrogens is 438 g/mol. The van der Waals surface area contributed by atoms with Gasteiger partial charge in [0.1, 0.15) is 5.75 Å². The number of aliphatic hydroxyl groups excluding tert-OH is 2. The van der Waals surface area contributed by atoms with Crippen LogP contribution in [0.1, 0.15) is 63.4 Å². The third-order valence-corrected chi connectivity index (χ3v) is 8.84. The summed E-state index contributed by atoms with van der Waals surface area (Å²) in [5, 5.41) is 38.0. The molecule has 8 heteroatoms. The van der Waals surface area contributed by atoms with Crippen molar-refractivity contribution >= 4 is 28.1 Å². The quantitative estimate of drug-likeness (QED) is 0.434. The maximum Gasteiger partial charge on any atom is 0.220 e. The number of carbonyl (C=O) groups excluding carboxylic acids is 1. The van der Waals surface area contributed by atoms with E-state index in [0.717, 1.165) is 22.7 Å². The molecule has 5 atom stereocenters. The highest BCUT2D eigenvalue weighted by Gasteiger charge is 2.59. The molecule has 0 radical (unpaired) electrons. The van der Waals surface area contributed by atoms with Gasteiger partial charge < -0.3 is 26.0 Å². The van der Waals surface area contributed by atoms with Crippen LogP contribution < -0.4 is 10.6 Å². The molecule has 2 aliphatic carbocycles. The highest BCUT2D eigenvalue weighted by molar-refractivity contribution is 7.15. The van der Waals surface area contributed by atoms with Crippen LogP contribution in [0.4, 0.5) is 10.8 Å². The largest absolute Gasteiger partial charge is 0.508 e. The molecule has 2 aromatic rings. The van der Waals surface area contributed by atoms with Crippen molar-refractivity contribution in [3.8, 4) is 5.75 Å². The van der Waals surface area contributed by atoms with E-state index in [4.69, 9.17) is 4.98 Å². The lowest BCUT2D eigenvalue weighted by Crippen LogP contribution is -2.57. The van der Waals surface area contributed by atoms with Crippen molar-refractivity contribution in [1.29, 1.82) is 0 Å². The molecule has 33 heavy (non-hydrogen) atoms. The van der Waals surface area contributed by atoms with E-state index < -0.39 is 11.5 Å². The van der Waals surface area contributed by atoms with E-state index >= 15 is 0 Å². The van der Waals surface area contributed by atoms with E-state index in [2.05, 4.69) is 17.6 Å². The van der Waals surface area contributed by atoms with Crippen molar-refractivity contribution < 1.29 is 20.1 Å². The summed E-state index contributed by atoms with van der Waals surface area (Å²) in [6.07, 6.45) is 1.83. The zero-order valence-corrected chi connectivity index (χ0v) is 20.6. The molecule has 4 rings (SSSR count). The van der Waals surface area contributed by atoms with E-state index in [1.165, 1.54) is 0 Å². The fraction of sp³-hybridized carbons (Fsp3) is 0.600. The fourth-order valence-corrected chi connectivity index (χ4v) is 7.06. The van der Waals surface area contributed by atoms with Crippen molar-refractivity contribution in [2.24, 2.45) is 16.7 Å². The number of phenolic OH excluding ortho intramolecular Hbond substituents is 1. The fourth-order valence-electron chi connectivity index (χ4n) is 5.97. The number of aromatic nitrogens is 1. The molecule has 5 N–H and O–H groups in total. The van der Waals surface area contributed by atoms with Crippen LogP contribution >= 0.6 is 11.3 Å². The standard InChI is InChI=1S/C25H35N3O4S/c1-14(2)26-21(32)11-17-22-18(33-23(28-22)27-15-6-5-7-16(30)10-15)12-19-24(17,3)9-8-20(31)25(19,4)13-29/h5-7,10,14,17,19-20,29-31H,8-9,11-13H2,1-4H3,(H,26,32)(H,27,28)/t17-,19+,20-,24+,25+/m1/s1. The minimum Gasteiger partial charge on any atom is -0.508 e. The minimum atomic E-state index is -0.639. The van der Waals surface area contributed by atoms with Gasteiger partial charge in [0.15, 0.2) is 5.13 Å². The zero-order valence-electron chi connectivity index (χ0n) is 19.8. The van der Waals surface area contributed by atoms with Crippen LogP contribution in [0.5, 0.6) is 5.75 Å². The normalized spacial score (nSPS) is 31.1. The molecule has 0 spiro atoms. The Kier molecular flexibility index (Phi) is 6.46. The van der Waals surface area contributed by atoms with Gasteiger partial charge in [0.2, 0.25) is 5.91 Å². The summed E-state index contributed by atoms with van der Waals surface area (Å²) < 4.78 is 0. The Balaban J connectivity index is 1.74. The summed E-state index contributed by atoms with van der Waals surface area (Å²) in [4.78, 5) is 18.9. The van der Waals surface area contributed by atoms with Gasteiger partial charge >= 0.3 is 0 Å². The predicted octanol–water partition coefficient (Wildman–Crippen LogP) is 3.92. The average molecular weight is 474 g/mol. The second-order valence-corrected chi connectivity index (χ2v) is 11.5. The summed E-state index contributed by atoms with van der Waals surface area (Å²) in [7, 11) is 0. The Morgan fingerprint density at radius 2 is 2.09 bits per heavy atom. The molecule has 0 unspecified atom stereocenters. The molecular formula is C25H35N3O4S. The summed E-state index contributed by atoms with van der Waals surface area (Å²) in [5.74, 6) is 0.0856. The monoisotopic (exact) mass is 473 g/mol. The van der Waals surface area contributed by atoms with Gasteiger partial charge in [0, 0.05) is 40.4 Å². The van der Waals surface area contributed by atoms with Gasteiger partial charge in [0.25, 0.3) is 0 Å². The third-order valence-electron chi connectivity index (χ3n) is 7.83. The second kappa shape index (κ2) is 8.89. The molecule has 180 valence electrons. The number of amides is 1. The van der Waals surface area contributed by atoms with Crippen LogP contribution in [-0.4, -0.2) is 45.0 Å². The lowest BCUT2D eigenvalue weighted by atomic mass is 9.47. The number of nitrogens with zero attached hydrogens (tertiary/aromatic N) is 1. The molecule has 0 aliphatic heterocycles. The van der Waals surface area contributed by atoms with Gasteiger partial charge in [-0.2, -0.15) is 0 Å². The molecule has 1 aromatic heterocycles. The number of thiazole rings is 1. The number of hydrogen-bond donors (Lipinski definition) is 5. The number of fused-ring (bicyclic) bond motifs is 2. The highest BCUT2D eigenvalue weighted by atomic mass is 32.1. The van der Waals surface area contributed by atoms with Gasteiger partial charge in [-0.05, 0) is 56.6 Å². The molecule has 7 nitrogen and oxygen atoms in total. The maximum absolute atomic E-state index is 12.9. The van der Waals surface area contributed by atoms with Crippen LogP contribution in [0.25, 0.3) is 0 Å². The Hall–Kier alpha value is -2.16. The Bertz CT molecular complexity index is 1020. The Morgan fingerprint density at radius 1 is 1.33 bits per heavy atom. The smallest absolute Gasteiger partial charge is 0.220 e. The molecule has 1 heterocycles. The number of aromatic hydroxyl groups is 1. The molecule has 0 bridgehead atoms. The van der Waals surface area contributed by atoms with E-state index in [0.29, 0.717) is 24.4 Å². The first-order valence-electron chi connectivity index (χ1n) is 11.7.